The number of nitrogens with two attached hydrogens (primary N) is 1. The molecule has 31 heavy (non-hydrogen) atoms. The maximum atomic E-state index is 13.7. The van der Waals surface area contributed by atoms with Crippen LogP contribution in [0.25, 0.3) is 10.8 Å². The molecule has 4 aromatic rings. The predicted octanol–water partition coefficient (Wildman–Crippen LogP) is 4.67. The van der Waals surface area contributed by atoms with Crippen LogP contribution in [-0.4, -0.2) is 13.5 Å². The summed E-state index contributed by atoms with van der Waals surface area (Å²) in [4.78, 5) is 0.0317. The van der Waals surface area contributed by atoms with Crippen molar-refractivity contribution in [1.82, 2.24) is 0 Å². The zero-order valence-electron chi connectivity index (χ0n) is 16.4. The van der Waals surface area contributed by atoms with E-state index in [1.807, 2.05) is 36.4 Å². The Morgan fingerprint density at radius 3 is 2.23 bits per heavy atom. The number of aromatic hydroxyl groups is 1. The quantitative estimate of drug-likeness (QED) is 0.494. The fourth-order valence-corrected chi connectivity index (χ4v) is 5.74. The second-order valence-corrected chi connectivity index (χ2v) is 9.26. The summed E-state index contributed by atoms with van der Waals surface area (Å²) in [7, 11) is -4.00. The number of phenols is 1. The van der Waals surface area contributed by atoms with Crippen LogP contribution in [0.15, 0.2) is 107 Å². The third kappa shape index (κ3) is 3.04. The standard InChI is InChI=1S/C25H19NO4S/c26-25-24(31(28,29)17-9-2-1-3-10-17)22(19-12-6-7-13-21(19)27)20-15-14-16-8-4-5-11-18(16)23(20)30-25/h1-15,22,27H,26H2. The number of sulfone groups is 1. The largest absolute Gasteiger partial charge is 0.508 e. The highest BCUT2D eigenvalue weighted by Crippen LogP contribution is 2.49. The Bertz CT molecular complexity index is 1440. The first kappa shape index (κ1) is 19.2. The summed E-state index contributed by atoms with van der Waals surface area (Å²) in [5.74, 6) is -0.529. The van der Waals surface area contributed by atoms with Gasteiger partial charge >= 0.3 is 0 Å². The van der Waals surface area contributed by atoms with Gasteiger partial charge in [0.1, 0.15) is 16.4 Å². The summed E-state index contributed by atoms with van der Waals surface area (Å²) in [5, 5.41) is 12.4. The number of rotatable bonds is 3. The van der Waals surface area contributed by atoms with E-state index in [1.54, 1.807) is 36.4 Å². The number of allylic oxidation sites excluding steroid dienone is 1. The van der Waals surface area contributed by atoms with Crippen molar-refractivity contribution in [3.8, 4) is 11.5 Å². The maximum absolute atomic E-state index is 13.7. The molecule has 6 heteroatoms. The van der Waals surface area contributed by atoms with Crippen LogP contribution in [0.4, 0.5) is 0 Å². The van der Waals surface area contributed by atoms with Crippen molar-refractivity contribution >= 4 is 20.6 Å². The topological polar surface area (TPSA) is 89.6 Å². The average molecular weight is 429 g/mol. The van der Waals surface area contributed by atoms with Gasteiger partial charge in [-0.25, -0.2) is 8.42 Å². The number of hydrogen-bond donors (Lipinski definition) is 2. The Balaban J connectivity index is 1.84. The highest BCUT2D eigenvalue weighted by atomic mass is 32.2. The van der Waals surface area contributed by atoms with E-state index in [1.165, 1.54) is 18.2 Å². The smallest absolute Gasteiger partial charge is 0.208 e. The van der Waals surface area contributed by atoms with Gasteiger partial charge in [-0.15, -0.1) is 0 Å². The maximum Gasteiger partial charge on any atom is 0.208 e. The molecule has 5 rings (SSSR count). The molecular formula is C25H19NO4S. The molecule has 0 amide bonds. The third-order valence-electron chi connectivity index (χ3n) is 5.53. The molecule has 1 heterocycles. The molecule has 4 aromatic carbocycles. The monoisotopic (exact) mass is 429 g/mol. The molecule has 0 saturated carbocycles. The van der Waals surface area contributed by atoms with Crippen LogP contribution in [0, 0.1) is 0 Å². The van der Waals surface area contributed by atoms with Crippen molar-refractivity contribution < 1.29 is 18.3 Å². The van der Waals surface area contributed by atoms with Crippen molar-refractivity contribution in [2.24, 2.45) is 5.73 Å². The number of ether oxygens (including phenoxy) is 1. The zero-order chi connectivity index (χ0) is 21.6. The molecule has 0 aromatic heterocycles. The van der Waals surface area contributed by atoms with Crippen molar-refractivity contribution in [2.75, 3.05) is 0 Å². The second-order valence-electron chi connectivity index (χ2n) is 7.34. The number of hydrogen-bond acceptors (Lipinski definition) is 5. The lowest BCUT2D eigenvalue weighted by atomic mass is 9.86. The van der Waals surface area contributed by atoms with Crippen LogP contribution in [0.2, 0.25) is 0 Å². The normalized spacial score (nSPS) is 16.1. The van der Waals surface area contributed by atoms with E-state index in [4.69, 9.17) is 10.5 Å². The molecule has 1 aliphatic heterocycles. The number of benzene rings is 4. The Kier molecular flexibility index (Phi) is 4.45. The van der Waals surface area contributed by atoms with E-state index >= 15 is 0 Å². The van der Waals surface area contributed by atoms with Crippen molar-refractivity contribution in [1.29, 1.82) is 0 Å². The summed E-state index contributed by atoms with van der Waals surface area (Å²) in [6.45, 7) is 0. The minimum Gasteiger partial charge on any atom is -0.508 e. The molecule has 0 saturated heterocycles. The van der Waals surface area contributed by atoms with E-state index in [2.05, 4.69) is 0 Å². The van der Waals surface area contributed by atoms with Crippen molar-refractivity contribution in [3.05, 3.63) is 113 Å². The fourth-order valence-electron chi connectivity index (χ4n) is 4.10. The molecular weight excluding hydrogens is 410 g/mol. The first-order valence-electron chi connectivity index (χ1n) is 9.75. The van der Waals surface area contributed by atoms with Gasteiger partial charge < -0.3 is 15.6 Å². The number of phenolic OH excluding ortho intramolecular Hbond substituents is 1. The molecule has 0 spiro atoms. The molecule has 0 aliphatic carbocycles. The lowest BCUT2D eigenvalue weighted by Gasteiger charge is -2.30. The Morgan fingerprint density at radius 1 is 0.774 bits per heavy atom. The van der Waals surface area contributed by atoms with E-state index < -0.39 is 15.8 Å². The Labute approximate surface area is 179 Å². The molecule has 0 radical (unpaired) electrons. The first-order valence-corrected chi connectivity index (χ1v) is 11.2. The summed E-state index contributed by atoms with van der Waals surface area (Å²) in [6.07, 6.45) is 0. The molecule has 1 unspecified atom stereocenters. The summed E-state index contributed by atoms with van der Waals surface area (Å²) < 4.78 is 33.3. The first-order chi connectivity index (χ1) is 15.0. The van der Waals surface area contributed by atoms with Crippen LogP contribution in [-0.2, 0) is 9.84 Å². The minimum atomic E-state index is -4.00. The minimum absolute atomic E-state index is 0.0120. The molecule has 0 bridgehead atoms. The van der Waals surface area contributed by atoms with Crippen LogP contribution in [0.1, 0.15) is 17.0 Å². The Hall–Kier alpha value is -3.77. The van der Waals surface area contributed by atoms with Gasteiger partial charge in [0.25, 0.3) is 0 Å². The molecule has 1 aliphatic rings. The van der Waals surface area contributed by atoms with Crippen LogP contribution in [0.3, 0.4) is 0 Å². The van der Waals surface area contributed by atoms with Crippen molar-refractivity contribution in [3.63, 3.8) is 0 Å². The molecule has 5 nitrogen and oxygen atoms in total. The van der Waals surface area contributed by atoms with Crippen LogP contribution in [0.5, 0.6) is 11.5 Å². The van der Waals surface area contributed by atoms with Gasteiger partial charge in [0.2, 0.25) is 15.7 Å². The third-order valence-corrected chi connectivity index (χ3v) is 7.44. The average Bonchev–Trinajstić information content (AvgIpc) is 2.79. The van der Waals surface area contributed by atoms with Gasteiger partial charge in [-0.3, -0.25) is 0 Å². The second kappa shape index (κ2) is 7.18. The van der Waals surface area contributed by atoms with Gasteiger partial charge in [-0.2, -0.15) is 0 Å². The molecule has 3 N–H and O–H groups in total. The summed E-state index contributed by atoms with van der Waals surface area (Å²) >= 11 is 0. The van der Waals surface area contributed by atoms with E-state index in [0.717, 1.165) is 10.8 Å². The van der Waals surface area contributed by atoms with E-state index in [-0.39, 0.29) is 21.4 Å². The molecule has 1 atom stereocenters. The fraction of sp³-hybridized carbons (Fsp3) is 0.0400. The van der Waals surface area contributed by atoms with Crippen molar-refractivity contribution in [2.45, 2.75) is 10.8 Å². The lowest BCUT2D eigenvalue weighted by Crippen LogP contribution is -2.26. The predicted molar refractivity (Wildman–Crippen MR) is 119 cm³/mol. The molecule has 0 fully saturated rings. The SMILES string of the molecule is NC1=C(S(=O)(=O)c2ccccc2)C(c2ccccc2O)c2ccc3ccccc3c2O1. The van der Waals surface area contributed by atoms with Gasteiger partial charge in [0.15, 0.2) is 0 Å². The van der Waals surface area contributed by atoms with Crippen LogP contribution >= 0.6 is 0 Å². The van der Waals surface area contributed by atoms with Gasteiger partial charge in [-0.05, 0) is 23.6 Å². The van der Waals surface area contributed by atoms with E-state index in [9.17, 15) is 13.5 Å². The number of para-hydroxylation sites is 1. The summed E-state index contributed by atoms with van der Waals surface area (Å²) in [6, 6.07) is 26.2. The van der Waals surface area contributed by atoms with Gasteiger partial charge in [0, 0.05) is 16.5 Å². The van der Waals surface area contributed by atoms with Gasteiger partial charge in [-0.1, -0.05) is 72.8 Å². The molecule has 154 valence electrons. The number of fused-ring (bicyclic) bond motifs is 3. The van der Waals surface area contributed by atoms with Crippen LogP contribution < -0.4 is 10.5 Å². The summed E-state index contributed by atoms with van der Waals surface area (Å²) in [5.41, 5.74) is 7.36. The highest BCUT2D eigenvalue weighted by Gasteiger charge is 2.40. The Morgan fingerprint density at radius 2 is 1.45 bits per heavy atom. The zero-order valence-corrected chi connectivity index (χ0v) is 17.2. The van der Waals surface area contributed by atoms with E-state index in [0.29, 0.717) is 16.9 Å². The highest BCUT2D eigenvalue weighted by molar-refractivity contribution is 7.95. The lowest BCUT2D eigenvalue weighted by molar-refractivity contribution is 0.397. The van der Waals surface area contributed by atoms with Gasteiger partial charge in [0.05, 0.1) is 10.8 Å².